The minimum atomic E-state index is -0.413. The average Bonchev–Trinajstić information content (AvgIpc) is 2.75. The van der Waals surface area contributed by atoms with Gasteiger partial charge in [-0.25, -0.2) is 0 Å². The summed E-state index contributed by atoms with van der Waals surface area (Å²) in [6.45, 7) is 14.2. The molecule has 0 N–H and O–H groups in total. The first kappa shape index (κ1) is 15.5. The summed E-state index contributed by atoms with van der Waals surface area (Å²) in [6.07, 6.45) is 2.17. The summed E-state index contributed by atoms with van der Waals surface area (Å²) in [5.74, 6) is -0.140. The number of rotatable bonds is 4. The van der Waals surface area contributed by atoms with Gasteiger partial charge in [0.2, 0.25) is 0 Å². The Balaban J connectivity index is 2.61. The fourth-order valence-corrected chi connectivity index (χ4v) is 2.15. The predicted molar refractivity (Wildman–Crippen MR) is 72.4 cm³/mol. The van der Waals surface area contributed by atoms with Gasteiger partial charge in [-0.1, -0.05) is 20.8 Å². The molecule has 18 heavy (non-hydrogen) atoms. The number of hydrogen-bond acceptors (Lipinski definition) is 3. The van der Waals surface area contributed by atoms with Crippen molar-refractivity contribution in [3.8, 4) is 0 Å². The molecule has 1 rings (SSSR count). The van der Waals surface area contributed by atoms with Gasteiger partial charge in [-0.3, -0.25) is 4.79 Å². The normalized spacial score (nSPS) is 25.7. The third-order valence-corrected chi connectivity index (χ3v) is 2.95. The standard InChI is InChI=1S/C15H28O3/c1-10-12(17-10)8-11(9-14(2,3)4)13(16)18-15(5,6)7/h10-12H,8-9H2,1-7H3/t10-,11-,12?/m1/s1. The highest BCUT2D eigenvalue weighted by molar-refractivity contribution is 5.73. The summed E-state index contributed by atoms with van der Waals surface area (Å²) in [5, 5.41) is 0. The molecule has 0 aromatic heterocycles. The Bertz CT molecular complexity index is 296. The summed E-state index contributed by atoms with van der Waals surface area (Å²) in [7, 11) is 0. The van der Waals surface area contributed by atoms with E-state index in [1.807, 2.05) is 27.7 Å². The van der Waals surface area contributed by atoms with E-state index in [9.17, 15) is 4.79 Å². The highest BCUT2D eigenvalue weighted by Gasteiger charge is 2.40. The Labute approximate surface area is 111 Å². The van der Waals surface area contributed by atoms with E-state index in [0.29, 0.717) is 6.10 Å². The number of epoxide rings is 1. The molecule has 3 atom stereocenters. The van der Waals surface area contributed by atoms with E-state index in [-0.39, 0.29) is 23.4 Å². The van der Waals surface area contributed by atoms with E-state index >= 15 is 0 Å². The number of ether oxygens (including phenoxy) is 2. The number of esters is 1. The quantitative estimate of drug-likeness (QED) is 0.570. The Morgan fingerprint density at radius 1 is 1.22 bits per heavy atom. The summed E-state index contributed by atoms with van der Waals surface area (Å²) >= 11 is 0. The first-order valence-corrected chi connectivity index (χ1v) is 6.86. The summed E-state index contributed by atoms with van der Waals surface area (Å²) in [6, 6.07) is 0. The zero-order valence-corrected chi connectivity index (χ0v) is 12.9. The van der Waals surface area contributed by atoms with Gasteiger partial charge < -0.3 is 9.47 Å². The van der Waals surface area contributed by atoms with Gasteiger partial charge in [-0.05, 0) is 46.0 Å². The van der Waals surface area contributed by atoms with E-state index in [1.54, 1.807) is 0 Å². The molecule has 0 amide bonds. The van der Waals surface area contributed by atoms with E-state index in [1.165, 1.54) is 0 Å². The molecule has 106 valence electrons. The van der Waals surface area contributed by atoms with Crippen LogP contribution < -0.4 is 0 Å². The maximum atomic E-state index is 12.2. The highest BCUT2D eigenvalue weighted by Crippen LogP contribution is 2.35. The lowest BCUT2D eigenvalue weighted by molar-refractivity contribution is -0.161. The van der Waals surface area contributed by atoms with Crippen molar-refractivity contribution in [1.29, 1.82) is 0 Å². The molecule has 0 aliphatic carbocycles. The van der Waals surface area contributed by atoms with Crippen molar-refractivity contribution in [1.82, 2.24) is 0 Å². The first-order chi connectivity index (χ1) is 7.98. The van der Waals surface area contributed by atoms with Crippen LogP contribution in [0.25, 0.3) is 0 Å². The SMILES string of the molecule is C[C@H]1OC1C[C@H](CC(C)(C)C)C(=O)OC(C)(C)C. The third-order valence-electron chi connectivity index (χ3n) is 2.95. The Morgan fingerprint density at radius 3 is 2.06 bits per heavy atom. The smallest absolute Gasteiger partial charge is 0.309 e. The van der Waals surface area contributed by atoms with Gasteiger partial charge in [0.25, 0.3) is 0 Å². The molecule has 1 aliphatic rings. The van der Waals surface area contributed by atoms with Crippen LogP contribution in [0.15, 0.2) is 0 Å². The maximum absolute atomic E-state index is 12.2. The molecule has 1 saturated heterocycles. The summed E-state index contributed by atoms with van der Waals surface area (Å²) in [4.78, 5) is 12.2. The molecule has 0 bridgehead atoms. The Kier molecular flexibility index (Phi) is 4.47. The van der Waals surface area contributed by atoms with Crippen LogP contribution in [0.4, 0.5) is 0 Å². The number of hydrogen-bond donors (Lipinski definition) is 0. The summed E-state index contributed by atoms with van der Waals surface area (Å²) in [5.41, 5.74) is -0.289. The van der Waals surface area contributed by atoms with Crippen LogP contribution in [0.2, 0.25) is 0 Å². The molecular weight excluding hydrogens is 228 g/mol. The molecule has 1 unspecified atom stereocenters. The lowest BCUT2D eigenvalue weighted by Crippen LogP contribution is -2.31. The van der Waals surface area contributed by atoms with Crippen LogP contribution >= 0.6 is 0 Å². The molecule has 1 fully saturated rings. The van der Waals surface area contributed by atoms with Crippen molar-refractivity contribution in [2.24, 2.45) is 11.3 Å². The fourth-order valence-electron chi connectivity index (χ4n) is 2.15. The minimum Gasteiger partial charge on any atom is -0.460 e. The van der Waals surface area contributed by atoms with Crippen LogP contribution in [-0.2, 0) is 14.3 Å². The zero-order chi connectivity index (χ0) is 14.1. The third kappa shape index (κ3) is 5.85. The van der Waals surface area contributed by atoms with Crippen molar-refractivity contribution in [2.45, 2.75) is 79.1 Å². The van der Waals surface area contributed by atoms with Gasteiger partial charge in [0.1, 0.15) is 5.60 Å². The van der Waals surface area contributed by atoms with E-state index in [2.05, 4.69) is 20.8 Å². The van der Waals surface area contributed by atoms with Crippen molar-refractivity contribution in [3.05, 3.63) is 0 Å². The molecule has 3 nitrogen and oxygen atoms in total. The van der Waals surface area contributed by atoms with Crippen LogP contribution in [0, 0.1) is 11.3 Å². The first-order valence-electron chi connectivity index (χ1n) is 6.86. The molecule has 0 saturated carbocycles. The van der Waals surface area contributed by atoms with Crippen molar-refractivity contribution in [2.75, 3.05) is 0 Å². The molecule has 0 aromatic rings. The Morgan fingerprint density at radius 2 is 1.72 bits per heavy atom. The number of carbonyl (C=O) groups excluding carboxylic acids is 1. The lowest BCUT2D eigenvalue weighted by Gasteiger charge is -2.28. The molecule has 0 spiro atoms. The Hall–Kier alpha value is -0.570. The molecule has 1 aliphatic heterocycles. The molecule has 0 radical (unpaired) electrons. The van der Waals surface area contributed by atoms with Gasteiger partial charge >= 0.3 is 5.97 Å². The monoisotopic (exact) mass is 256 g/mol. The van der Waals surface area contributed by atoms with Gasteiger partial charge in [0.15, 0.2) is 0 Å². The van der Waals surface area contributed by atoms with Gasteiger partial charge in [-0.15, -0.1) is 0 Å². The van der Waals surface area contributed by atoms with Crippen molar-refractivity contribution >= 4 is 5.97 Å². The average molecular weight is 256 g/mol. The van der Waals surface area contributed by atoms with Crippen molar-refractivity contribution < 1.29 is 14.3 Å². The topological polar surface area (TPSA) is 38.8 Å². The fraction of sp³-hybridized carbons (Fsp3) is 0.933. The molecule has 3 heteroatoms. The lowest BCUT2D eigenvalue weighted by atomic mass is 9.82. The predicted octanol–water partition coefficient (Wildman–Crippen LogP) is 3.56. The molecule has 1 heterocycles. The largest absolute Gasteiger partial charge is 0.460 e. The second-order valence-corrected chi connectivity index (χ2v) is 7.61. The zero-order valence-electron chi connectivity index (χ0n) is 12.9. The van der Waals surface area contributed by atoms with Crippen LogP contribution in [0.3, 0.4) is 0 Å². The number of carbonyl (C=O) groups is 1. The minimum absolute atomic E-state index is 0.0563. The van der Waals surface area contributed by atoms with Gasteiger partial charge in [0, 0.05) is 0 Å². The summed E-state index contributed by atoms with van der Waals surface area (Å²) < 4.78 is 10.9. The van der Waals surface area contributed by atoms with E-state index in [4.69, 9.17) is 9.47 Å². The van der Waals surface area contributed by atoms with Crippen molar-refractivity contribution in [3.63, 3.8) is 0 Å². The van der Waals surface area contributed by atoms with Crippen LogP contribution in [0.1, 0.15) is 61.3 Å². The van der Waals surface area contributed by atoms with Crippen LogP contribution in [0.5, 0.6) is 0 Å². The second-order valence-electron chi connectivity index (χ2n) is 7.61. The van der Waals surface area contributed by atoms with E-state index < -0.39 is 5.60 Å². The molecular formula is C15H28O3. The van der Waals surface area contributed by atoms with Gasteiger partial charge in [0.05, 0.1) is 18.1 Å². The maximum Gasteiger partial charge on any atom is 0.309 e. The van der Waals surface area contributed by atoms with Crippen LogP contribution in [-0.4, -0.2) is 23.8 Å². The van der Waals surface area contributed by atoms with Gasteiger partial charge in [-0.2, -0.15) is 0 Å². The molecule has 0 aromatic carbocycles. The highest BCUT2D eigenvalue weighted by atomic mass is 16.6. The second kappa shape index (κ2) is 5.20. The van der Waals surface area contributed by atoms with E-state index in [0.717, 1.165) is 12.8 Å².